The zero-order chi connectivity index (χ0) is 12.5. The predicted molar refractivity (Wildman–Crippen MR) is 66.7 cm³/mol. The highest BCUT2D eigenvalue weighted by molar-refractivity contribution is 6.45. The Labute approximate surface area is 105 Å². The van der Waals surface area contributed by atoms with Gasteiger partial charge in [0, 0.05) is 31.1 Å². The smallest absolute Gasteiger partial charge is 0.411 e. The van der Waals surface area contributed by atoms with Gasteiger partial charge in [-0.3, -0.25) is 0 Å². The van der Waals surface area contributed by atoms with E-state index >= 15 is 0 Å². The molecule has 0 saturated carbocycles. The third kappa shape index (κ3) is 3.71. The van der Waals surface area contributed by atoms with E-state index in [1.54, 1.807) is 0 Å². The number of rotatable bonds is 2. The van der Waals surface area contributed by atoms with Crippen LogP contribution in [0.25, 0.3) is 0 Å². The monoisotopic (exact) mass is 239 g/mol. The van der Waals surface area contributed by atoms with Crippen LogP contribution in [0.3, 0.4) is 0 Å². The lowest BCUT2D eigenvalue weighted by Crippen LogP contribution is -2.48. The standard InChI is InChI=1S/C11H21B2O4/c1-9-5-11(4,17-12-16-9)6-13-14-7-10(2,3)8-15-13/h9H,5-8H2,1-4H3. The second-order valence-corrected chi connectivity index (χ2v) is 6.23. The number of hydrogen-bond acceptors (Lipinski definition) is 4. The molecule has 2 heterocycles. The molecule has 0 amide bonds. The highest BCUT2D eigenvalue weighted by atomic mass is 16.6. The summed E-state index contributed by atoms with van der Waals surface area (Å²) in [7, 11) is 1.28. The molecule has 2 rings (SSSR count). The molecular weight excluding hydrogens is 218 g/mol. The highest BCUT2D eigenvalue weighted by Crippen LogP contribution is 2.31. The molecule has 0 aromatic carbocycles. The molecule has 17 heavy (non-hydrogen) atoms. The summed E-state index contributed by atoms with van der Waals surface area (Å²) in [6.45, 7) is 9.89. The van der Waals surface area contributed by atoms with Gasteiger partial charge in [0.05, 0.1) is 5.60 Å². The Bertz CT molecular complexity index is 264. The lowest BCUT2D eigenvalue weighted by molar-refractivity contribution is -0.0292. The normalized spacial score (nSPS) is 37.6. The third-order valence-electron chi connectivity index (χ3n) is 3.26. The Morgan fingerprint density at radius 1 is 1.24 bits per heavy atom. The summed E-state index contributed by atoms with van der Waals surface area (Å²) in [6.07, 6.45) is 1.79. The zero-order valence-electron chi connectivity index (χ0n) is 11.2. The lowest BCUT2D eigenvalue weighted by Gasteiger charge is -2.40. The van der Waals surface area contributed by atoms with Gasteiger partial charge in [-0.05, 0) is 20.3 Å². The molecule has 2 saturated heterocycles. The van der Waals surface area contributed by atoms with Crippen molar-refractivity contribution in [2.45, 2.75) is 52.1 Å². The van der Waals surface area contributed by atoms with Crippen molar-refractivity contribution in [2.24, 2.45) is 5.41 Å². The average Bonchev–Trinajstić information content (AvgIpc) is 2.21. The Balaban J connectivity index is 1.84. The van der Waals surface area contributed by atoms with Crippen LogP contribution in [-0.2, 0) is 18.6 Å². The van der Waals surface area contributed by atoms with Gasteiger partial charge in [-0.15, -0.1) is 0 Å². The SMILES string of the molecule is CC1CC(C)(CB2OCC(C)(C)CO2)O[B]O1. The maximum Gasteiger partial charge on any atom is 0.488 e. The minimum Gasteiger partial charge on any atom is -0.411 e. The van der Waals surface area contributed by atoms with Gasteiger partial charge in [0.2, 0.25) is 0 Å². The summed E-state index contributed by atoms with van der Waals surface area (Å²) in [5.74, 6) is 0. The summed E-state index contributed by atoms with van der Waals surface area (Å²) in [4.78, 5) is 0. The molecule has 0 bridgehead atoms. The zero-order valence-corrected chi connectivity index (χ0v) is 11.2. The van der Waals surface area contributed by atoms with E-state index in [9.17, 15) is 0 Å². The fourth-order valence-corrected chi connectivity index (χ4v) is 2.27. The minimum absolute atomic E-state index is 0.118. The predicted octanol–water partition coefficient (Wildman–Crippen LogP) is 1.67. The molecule has 2 atom stereocenters. The van der Waals surface area contributed by atoms with E-state index in [0.717, 1.165) is 26.0 Å². The van der Waals surface area contributed by atoms with Crippen LogP contribution in [0, 0.1) is 5.41 Å². The fraction of sp³-hybridized carbons (Fsp3) is 1.00. The third-order valence-corrected chi connectivity index (χ3v) is 3.26. The van der Waals surface area contributed by atoms with E-state index in [0.29, 0.717) is 0 Å². The van der Waals surface area contributed by atoms with E-state index in [2.05, 4.69) is 20.8 Å². The van der Waals surface area contributed by atoms with E-state index < -0.39 is 0 Å². The first kappa shape index (κ1) is 13.4. The molecule has 2 unspecified atom stereocenters. The molecule has 0 spiro atoms. The van der Waals surface area contributed by atoms with Crippen molar-refractivity contribution in [3.05, 3.63) is 0 Å². The molecular formula is C11H21B2O4. The molecule has 2 fully saturated rings. The van der Waals surface area contributed by atoms with E-state index in [1.165, 1.54) is 7.69 Å². The van der Waals surface area contributed by atoms with Crippen molar-refractivity contribution >= 4 is 14.8 Å². The molecule has 1 radical (unpaired) electrons. The second kappa shape index (κ2) is 4.92. The van der Waals surface area contributed by atoms with Crippen molar-refractivity contribution in [2.75, 3.05) is 13.2 Å². The van der Waals surface area contributed by atoms with Crippen molar-refractivity contribution < 1.29 is 18.6 Å². The van der Waals surface area contributed by atoms with Gasteiger partial charge in [0.1, 0.15) is 0 Å². The topological polar surface area (TPSA) is 36.9 Å². The van der Waals surface area contributed by atoms with Crippen LogP contribution < -0.4 is 0 Å². The van der Waals surface area contributed by atoms with E-state index in [-0.39, 0.29) is 24.2 Å². The first-order chi connectivity index (χ1) is 7.89. The van der Waals surface area contributed by atoms with Crippen LogP contribution in [-0.4, -0.2) is 39.7 Å². The molecule has 0 aliphatic carbocycles. The van der Waals surface area contributed by atoms with Crippen LogP contribution in [0.1, 0.15) is 34.1 Å². The van der Waals surface area contributed by atoms with Gasteiger partial charge in [-0.25, -0.2) is 0 Å². The van der Waals surface area contributed by atoms with Crippen LogP contribution in [0.2, 0.25) is 6.32 Å². The molecule has 0 aromatic rings. The van der Waals surface area contributed by atoms with Gasteiger partial charge in [0.15, 0.2) is 0 Å². The maximum absolute atomic E-state index is 5.74. The lowest BCUT2D eigenvalue weighted by atomic mass is 9.70. The molecule has 0 N–H and O–H groups in total. The molecule has 4 nitrogen and oxygen atoms in total. The fourth-order valence-electron chi connectivity index (χ4n) is 2.27. The Kier molecular flexibility index (Phi) is 3.88. The van der Waals surface area contributed by atoms with Crippen molar-refractivity contribution in [3.8, 4) is 0 Å². The van der Waals surface area contributed by atoms with E-state index in [4.69, 9.17) is 18.6 Å². The maximum atomic E-state index is 5.74. The first-order valence-corrected chi connectivity index (χ1v) is 6.27. The minimum atomic E-state index is -0.246. The van der Waals surface area contributed by atoms with Gasteiger partial charge in [-0.1, -0.05) is 13.8 Å². The molecule has 2 aliphatic rings. The first-order valence-electron chi connectivity index (χ1n) is 6.27. The van der Waals surface area contributed by atoms with Crippen molar-refractivity contribution in [1.82, 2.24) is 0 Å². The van der Waals surface area contributed by atoms with Crippen LogP contribution in [0.4, 0.5) is 0 Å². The van der Waals surface area contributed by atoms with E-state index in [1.807, 2.05) is 6.92 Å². The Morgan fingerprint density at radius 2 is 1.88 bits per heavy atom. The van der Waals surface area contributed by atoms with Crippen molar-refractivity contribution in [3.63, 3.8) is 0 Å². The second-order valence-electron chi connectivity index (χ2n) is 6.23. The van der Waals surface area contributed by atoms with Gasteiger partial charge < -0.3 is 18.6 Å². The summed E-state index contributed by atoms with van der Waals surface area (Å²) >= 11 is 0. The number of hydrogen-bond donors (Lipinski definition) is 0. The highest BCUT2D eigenvalue weighted by Gasteiger charge is 2.41. The van der Waals surface area contributed by atoms with Crippen LogP contribution in [0.15, 0.2) is 0 Å². The largest absolute Gasteiger partial charge is 0.488 e. The van der Waals surface area contributed by atoms with Crippen molar-refractivity contribution in [1.29, 1.82) is 0 Å². The van der Waals surface area contributed by atoms with Gasteiger partial charge in [0.25, 0.3) is 0 Å². The van der Waals surface area contributed by atoms with Gasteiger partial charge >= 0.3 is 14.8 Å². The summed E-state index contributed by atoms with van der Waals surface area (Å²) < 4.78 is 22.3. The van der Waals surface area contributed by atoms with Gasteiger partial charge in [-0.2, -0.15) is 0 Å². The Morgan fingerprint density at radius 3 is 2.47 bits per heavy atom. The average molecular weight is 239 g/mol. The summed E-state index contributed by atoms with van der Waals surface area (Å²) in [6, 6.07) is 0. The van der Waals surface area contributed by atoms with Crippen LogP contribution >= 0.6 is 0 Å². The summed E-state index contributed by atoms with van der Waals surface area (Å²) in [5, 5.41) is 0. The molecule has 6 heteroatoms. The molecule has 0 aromatic heterocycles. The van der Waals surface area contributed by atoms with Crippen LogP contribution in [0.5, 0.6) is 0 Å². The quantitative estimate of drug-likeness (QED) is 0.686. The Hall–Kier alpha value is -0.0301. The molecule has 95 valence electrons. The summed E-state index contributed by atoms with van der Waals surface area (Å²) in [5.41, 5.74) is -0.128. The molecule has 2 aliphatic heterocycles.